The minimum absolute atomic E-state index is 0.199. The van der Waals surface area contributed by atoms with Gasteiger partial charge in [-0.2, -0.15) is 5.10 Å². The second kappa shape index (κ2) is 6.20. The molecule has 2 N–H and O–H groups in total. The molecule has 0 radical (unpaired) electrons. The fourth-order valence-corrected chi connectivity index (χ4v) is 2.48. The number of benzene rings is 1. The molecule has 0 fully saturated rings. The van der Waals surface area contributed by atoms with Crippen molar-refractivity contribution in [2.24, 2.45) is 12.8 Å². The van der Waals surface area contributed by atoms with E-state index < -0.39 is 0 Å². The predicted octanol–water partition coefficient (Wildman–Crippen LogP) is 2.17. The first kappa shape index (κ1) is 14.8. The molecule has 1 aromatic heterocycles. The van der Waals surface area contributed by atoms with Crippen LogP contribution in [0.4, 0.5) is 0 Å². The largest absolute Gasteiger partial charge is 0.329 e. The highest BCUT2D eigenvalue weighted by atomic mass is 15.3. The molecule has 1 unspecified atom stereocenters. The van der Waals surface area contributed by atoms with Crippen LogP contribution in [0.1, 0.15) is 28.4 Å². The lowest BCUT2D eigenvalue weighted by atomic mass is 10.1. The second-order valence-corrected chi connectivity index (χ2v) is 5.46. The van der Waals surface area contributed by atoms with Crippen molar-refractivity contribution in [3.8, 4) is 0 Å². The van der Waals surface area contributed by atoms with Crippen LogP contribution in [0.15, 0.2) is 30.5 Å². The fourth-order valence-electron chi connectivity index (χ4n) is 2.48. The lowest BCUT2D eigenvalue weighted by Crippen LogP contribution is -2.30. The minimum atomic E-state index is 0.199. The van der Waals surface area contributed by atoms with Gasteiger partial charge in [-0.1, -0.05) is 29.8 Å². The van der Waals surface area contributed by atoms with Crippen LogP contribution in [-0.4, -0.2) is 28.3 Å². The Hall–Kier alpha value is -1.65. The van der Waals surface area contributed by atoms with Crippen LogP contribution in [-0.2, 0) is 13.6 Å². The van der Waals surface area contributed by atoms with Crippen LogP contribution in [0.5, 0.6) is 0 Å². The third-order valence-electron chi connectivity index (χ3n) is 3.94. The van der Waals surface area contributed by atoms with Crippen molar-refractivity contribution in [1.29, 1.82) is 0 Å². The minimum Gasteiger partial charge on any atom is -0.329 e. The molecule has 2 aromatic rings. The van der Waals surface area contributed by atoms with E-state index >= 15 is 0 Å². The molecule has 1 atom stereocenters. The molecule has 0 bridgehead atoms. The highest BCUT2D eigenvalue weighted by Gasteiger charge is 2.19. The average molecular weight is 272 g/mol. The highest BCUT2D eigenvalue weighted by molar-refractivity contribution is 5.23. The van der Waals surface area contributed by atoms with Crippen molar-refractivity contribution < 1.29 is 0 Å². The number of aryl methyl sites for hydroxylation is 2. The normalized spacial score (nSPS) is 12.9. The topological polar surface area (TPSA) is 47.1 Å². The van der Waals surface area contributed by atoms with Crippen molar-refractivity contribution in [1.82, 2.24) is 14.7 Å². The van der Waals surface area contributed by atoms with Crippen LogP contribution in [0.25, 0.3) is 0 Å². The van der Waals surface area contributed by atoms with E-state index in [1.807, 2.05) is 17.9 Å². The van der Waals surface area contributed by atoms with Gasteiger partial charge in [0.1, 0.15) is 0 Å². The summed E-state index contributed by atoms with van der Waals surface area (Å²) in [6, 6.07) is 8.85. The van der Waals surface area contributed by atoms with Gasteiger partial charge in [0.05, 0.1) is 12.2 Å². The van der Waals surface area contributed by atoms with Gasteiger partial charge in [-0.3, -0.25) is 9.58 Å². The first-order valence-corrected chi connectivity index (χ1v) is 6.97. The zero-order valence-corrected chi connectivity index (χ0v) is 12.8. The molecule has 20 heavy (non-hydrogen) atoms. The number of hydrogen-bond donors (Lipinski definition) is 1. The van der Waals surface area contributed by atoms with Crippen LogP contribution in [0.3, 0.4) is 0 Å². The maximum Gasteiger partial charge on any atom is 0.0540 e. The van der Waals surface area contributed by atoms with Gasteiger partial charge in [0, 0.05) is 31.4 Å². The Kier molecular flexibility index (Phi) is 4.57. The second-order valence-electron chi connectivity index (χ2n) is 5.46. The monoisotopic (exact) mass is 272 g/mol. The number of hydrogen-bond acceptors (Lipinski definition) is 3. The zero-order valence-electron chi connectivity index (χ0n) is 12.8. The Bertz CT molecular complexity index is 556. The molecule has 108 valence electrons. The smallest absolute Gasteiger partial charge is 0.0540 e. The lowest BCUT2D eigenvalue weighted by molar-refractivity contribution is 0.241. The van der Waals surface area contributed by atoms with Crippen molar-refractivity contribution >= 4 is 0 Å². The Morgan fingerprint density at radius 1 is 1.25 bits per heavy atom. The summed E-state index contributed by atoms with van der Waals surface area (Å²) in [6.07, 6.45) is 1.93. The molecule has 0 spiro atoms. The molecular formula is C16H24N4. The SMILES string of the molecule is Cc1ccc(CN(C)C(CN)c2cnn(C)c2C)cc1. The van der Waals surface area contributed by atoms with Crippen molar-refractivity contribution in [3.63, 3.8) is 0 Å². The molecule has 2 rings (SSSR count). The van der Waals surface area contributed by atoms with Gasteiger partial charge < -0.3 is 5.73 Å². The van der Waals surface area contributed by atoms with E-state index in [0.717, 1.165) is 6.54 Å². The molecule has 0 saturated carbocycles. The van der Waals surface area contributed by atoms with Crippen molar-refractivity contribution in [3.05, 3.63) is 52.8 Å². The standard InChI is InChI=1S/C16H24N4/c1-12-5-7-14(8-6-12)11-19(3)16(9-17)15-10-18-20(4)13(15)2/h5-8,10,16H,9,11,17H2,1-4H3. The highest BCUT2D eigenvalue weighted by Crippen LogP contribution is 2.23. The van der Waals surface area contributed by atoms with Crippen LogP contribution < -0.4 is 5.73 Å². The number of aromatic nitrogens is 2. The quantitative estimate of drug-likeness (QED) is 0.907. The molecule has 0 aliphatic carbocycles. The van der Waals surface area contributed by atoms with Crippen molar-refractivity contribution in [2.45, 2.75) is 26.4 Å². The molecule has 0 aliphatic heterocycles. The van der Waals surface area contributed by atoms with Crippen LogP contribution in [0.2, 0.25) is 0 Å². The maximum atomic E-state index is 5.98. The van der Waals surface area contributed by atoms with E-state index in [1.165, 1.54) is 22.4 Å². The summed E-state index contributed by atoms with van der Waals surface area (Å²) < 4.78 is 1.90. The maximum absolute atomic E-state index is 5.98. The molecule has 0 amide bonds. The van der Waals surface area contributed by atoms with Crippen molar-refractivity contribution in [2.75, 3.05) is 13.6 Å². The van der Waals surface area contributed by atoms with Gasteiger partial charge in [0.25, 0.3) is 0 Å². The van der Waals surface area contributed by atoms with E-state index in [-0.39, 0.29) is 6.04 Å². The van der Waals surface area contributed by atoms with Gasteiger partial charge in [-0.05, 0) is 26.5 Å². The van der Waals surface area contributed by atoms with Gasteiger partial charge in [0.2, 0.25) is 0 Å². The van der Waals surface area contributed by atoms with Gasteiger partial charge >= 0.3 is 0 Å². The third-order valence-corrected chi connectivity index (χ3v) is 3.94. The van der Waals surface area contributed by atoms with E-state index in [0.29, 0.717) is 6.54 Å². The van der Waals surface area contributed by atoms with E-state index in [4.69, 9.17) is 5.73 Å². The number of nitrogens with two attached hydrogens (primary N) is 1. The Morgan fingerprint density at radius 2 is 1.90 bits per heavy atom. The summed E-state index contributed by atoms with van der Waals surface area (Å²) in [6.45, 7) is 5.67. The molecule has 1 heterocycles. The first-order chi connectivity index (χ1) is 9.52. The summed E-state index contributed by atoms with van der Waals surface area (Å²) in [7, 11) is 4.08. The van der Waals surface area contributed by atoms with Gasteiger partial charge in [-0.25, -0.2) is 0 Å². The first-order valence-electron chi connectivity index (χ1n) is 6.97. The average Bonchev–Trinajstić information content (AvgIpc) is 2.75. The molecular weight excluding hydrogens is 248 g/mol. The summed E-state index contributed by atoms with van der Waals surface area (Å²) in [5.41, 5.74) is 11.0. The zero-order chi connectivity index (χ0) is 14.7. The lowest BCUT2D eigenvalue weighted by Gasteiger charge is -2.27. The summed E-state index contributed by atoms with van der Waals surface area (Å²) in [5.74, 6) is 0. The number of nitrogens with zero attached hydrogens (tertiary/aromatic N) is 3. The predicted molar refractivity (Wildman–Crippen MR) is 82.4 cm³/mol. The molecule has 4 nitrogen and oxygen atoms in total. The van der Waals surface area contributed by atoms with Crippen LogP contribution in [0, 0.1) is 13.8 Å². The van der Waals surface area contributed by atoms with Crippen LogP contribution >= 0.6 is 0 Å². The summed E-state index contributed by atoms with van der Waals surface area (Å²) in [4.78, 5) is 2.29. The Labute approximate surface area is 121 Å². The molecule has 4 heteroatoms. The molecule has 1 aromatic carbocycles. The van der Waals surface area contributed by atoms with Gasteiger partial charge in [0.15, 0.2) is 0 Å². The molecule has 0 aliphatic rings. The summed E-state index contributed by atoms with van der Waals surface area (Å²) >= 11 is 0. The third kappa shape index (κ3) is 3.08. The Balaban J connectivity index is 2.15. The fraction of sp³-hybridized carbons (Fsp3) is 0.438. The van der Waals surface area contributed by atoms with Gasteiger partial charge in [-0.15, -0.1) is 0 Å². The summed E-state index contributed by atoms with van der Waals surface area (Å²) in [5, 5.41) is 4.32. The number of likely N-dealkylation sites (N-methyl/N-ethyl adjacent to an activating group) is 1. The number of rotatable bonds is 5. The Morgan fingerprint density at radius 3 is 2.40 bits per heavy atom. The van der Waals surface area contributed by atoms with E-state index in [1.54, 1.807) is 0 Å². The molecule has 0 saturated heterocycles. The van der Waals surface area contributed by atoms with E-state index in [2.05, 4.69) is 55.2 Å². The van der Waals surface area contributed by atoms with E-state index in [9.17, 15) is 0 Å².